The molecule has 0 aliphatic carbocycles. The summed E-state index contributed by atoms with van der Waals surface area (Å²) in [6.07, 6.45) is 1.48. The lowest BCUT2D eigenvalue weighted by molar-refractivity contribution is 0.0522. The fourth-order valence-electron chi connectivity index (χ4n) is 1.26. The number of hydrogen-bond donors (Lipinski definition) is 1. The zero-order chi connectivity index (χ0) is 10.8. The number of fused-ring (bicyclic) bond motifs is 1. The Morgan fingerprint density at radius 3 is 3.20 bits per heavy atom. The van der Waals surface area contributed by atoms with Crippen LogP contribution in [0, 0.1) is 0 Å². The number of esters is 1. The van der Waals surface area contributed by atoms with Gasteiger partial charge in [0.1, 0.15) is 10.7 Å². The summed E-state index contributed by atoms with van der Waals surface area (Å²) in [7, 11) is 0. The zero-order valence-electron chi connectivity index (χ0n) is 7.95. The third kappa shape index (κ3) is 1.78. The number of hydrogen-bond acceptors (Lipinski definition) is 4. The Morgan fingerprint density at radius 1 is 1.67 bits per heavy atom. The van der Waals surface area contributed by atoms with E-state index in [-0.39, 0.29) is 10.8 Å². The Hall–Kier alpha value is -1.62. The second-order valence-electron chi connectivity index (χ2n) is 2.81. The van der Waals surface area contributed by atoms with E-state index in [1.54, 1.807) is 13.0 Å². The van der Waals surface area contributed by atoms with Gasteiger partial charge in [0.2, 0.25) is 0 Å². The molecule has 6 heteroatoms. The van der Waals surface area contributed by atoms with Crippen LogP contribution < -0.4 is 0 Å². The molecule has 0 saturated carbocycles. The van der Waals surface area contributed by atoms with E-state index in [2.05, 4.69) is 15.0 Å². The maximum Gasteiger partial charge on any atom is 0.359 e. The van der Waals surface area contributed by atoms with Crippen LogP contribution in [-0.4, -0.2) is 27.5 Å². The molecule has 0 fully saturated rings. The fourth-order valence-corrected chi connectivity index (χ4v) is 1.45. The molecular formula is C9H8ClN3O2. The number of carbonyl (C=O) groups is 1. The van der Waals surface area contributed by atoms with Gasteiger partial charge in [-0.25, -0.2) is 14.8 Å². The van der Waals surface area contributed by atoms with E-state index >= 15 is 0 Å². The van der Waals surface area contributed by atoms with E-state index < -0.39 is 5.97 Å². The minimum atomic E-state index is -0.517. The topological polar surface area (TPSA) is 67.9 Å². The van der Waals surface area contributed by atoms with E-state index in [9.17, 15) is 4.79 Å². The highest BCUT2D eigenvalue weighted by atomic mass is 35.5. The number of pyridine rings is 1. The number of nitrogens with zero attached hydrogens (tertiary/aromatic N) is 2. The minimum absolute atomic E-state index is 0.139. The SMILES string of the molecule is CCOC(=O)c1nc(Cl)cc2[nH]cnc12. The molecule has 2 rings (SSSR count). The van der Waals surface area contributed by atoms with Gasteiger partial charge >= 0.3 is 5.97 Å². The van der Waals surface area contributed by atoms with Gasteiger partial charge in [-0.05, 0) is 6.92 Å². The smallest absolute Gasteiger partial charge is 0.359 e. The van der Waals surface area contributed by atoms with Crippen molar-refractivity contribution in [3.05, 3.63) is 23.2 Å². The number of H-pyrrole nitrogens is 1. The Labute approximate surface area is 90.4 Å². The molecule has 2 aromatic heterocycles. The largest absolute Gasteiger partial charge is 0.461 e. The quantitative estimate of drug-likeness (QED) is 0.625. The highest BCUT2D eigenvalue weighted by Crippen LogP contribution is 2.18. The summed E-state index contributed by atoms with van der Waals surface area (Å²) in [6.45, 7) is 2.02. The van der Waals surface area contributed by atoms with Crippen molar-refractivity contribution in [2.24, 2.45) is 0 Å². The van der Waals surface area contributed by atoms with Crippen molar-refractivity contribution in [2.45, 2.75) is 6.92 Å². The number of carbonyl (C=O) groups excluding carboxylic acids is 1. The van der Waals surface area contributed by atoms with Crippen molar-refractivity contribution in [3.8, 4) is 0 Å². The number of aromatic amines is 1. The van der Waals surface area contributed by atoms with E-state index in [1.807, 2.05) is 0 Å². The van der Waals surface area contributed by atoms with Crippen LogP contribution in [0.25, 0.3) is 11.0 Å². The molecule has 0 saturated heterocycles. The predicted octanol–water partition coefficient (Wildman–Crippen LogP) is 1.79. The van der Waals surface area contributed by atoms with Crippen LogP contribution in [0.3, 0.4) is 0 Å². The second-order valence-corrected chi connectivity index (χ2v) is 3.20. The molecule has 0 amide bonds. The van der Waals surface area contributed by atoms with Crippen LogP contribution in [-0.2, 0) is 4.74 Å². The predicted molar refractivity (Wildman–Crippen MR) is 54.9 cm³/mol. The first-order chi connectivity index (χ1) is 7.22. The van der Waals surface area contributed by atoms with Gasteiger partial charge in [0.15, 0.2) is 5.69 Å². The number of halogens is 1. The van der Waals surface area contributed by atoms with Gasteiger partial charge in [-0.2, -0.15) is 0 Å². The first kappa shape index (κ1) is 9.92. The van der Waals surface area contributed by atoms with Crippen molar-refractivity contribution < 1.29 is 9.53 Å². The van der Waals surface area contributed by atoms with Gasteiger partial charge in [-0.1, -0.05) is 11.6 Å². The summed E-state index contributed by atoms with van der Waals surface area (Å²) in [5.74, 6) is -0.517. The zero-order valence-corrected chi connectivity index (χ0v) is 8.71. The van der Waals surface area contributed by atoms with Crippen LogP contribution in [0.2, 0.25) is 5.15 Å². The molecule has 1 N–H and O–H groups in total. The molecule has 0 aliphatic heterocycles. The third-order valence-corrected chi connectivity index (χ3v) is 2.04. The van der Waals surface area contributed by atoms with Gasteiger partial charge in [0, 0.05) is 6.07 Å². The average Bonchev–Trinajstić information content (AvgIpc) is 2.64. The molecule has 2 heterocycles. The molecule has 5 nitrogen and oxygen atoms in total. The van der Waals surface area contributed by atoms with Crippen LogP contribution in [0.1, 0.15) is 17.4 Å². The third-order valence-electron chi connectivity index (χ3n) is 1.84. The minimum Gasteiger partial charge on any atom is -0.461 e. The monoisotopic (exact) mass is 225 g/mol. The van der Waals surface area contributed by atoms with Crippen LogP contribution in [0.4, 0.5) is 0 Å². The average molecular weight is 226 g/mol. The first-order valence-corrected chi connectivity index (χ1v) is 4.77. The molecule has 0 aliphatic rings. The van der Waals surface area contributed by atoms with E-state index in [0.717, 1.165) is 0 Å². The van der Waals surface area contributed by atoms with Gasteiger partial charge in [-0.3, -0.25) is 0 Å². The Bertz CT molecular complexity index is 509. The Balaban J connectivity index is 2.57. The molecule has 2 aromatic rings. The summed E-state index contributed by atoms with van der Waals surface area (Å²) >= 11 is 5.76. The van der Waals surface area contributed by atoms with Crippen molar-refractivity contribution in [1.29, 1.82) is 0 Å². The molecule has 0 atom stereocenters. The molecule has 78 valence electrons. The van der Waals surface area contributed by atoms with Crippen molar-refractivity contribution in [3.63, 3.8) is 0 Å². The maximum atomic E-state index is 11.5. The number of rotatable bonds is 2. The molecule has 0 radical (unpaired) electrons. The summed E-state index contributed by atoms with van der Waals surface area (Å²) in [6, 6.07) is 1.60. The number of aromatic nitrogens is 3. The number of ether oxygens (including phenoxy) is 1. The second kappa shape index (κ2) is 3.86. The van der Waals surface area contributed by atoms with Crippen molar-refractivity contribution in [2.75, 3.05) is 6.61 Å². The first-order valence-electron chi connectivity index (χ1n) is 4.39. The summed E-state index contributed by atoms with van der Waals surface area (Å²) in [5, 5.41) is 0.231. The molecular weight excluding hydrogens is 218 g/mol. The van der Waals surface area contributed by atoms with Crippen LogP contribution in [0.15, 0.2) is 12.4 Å². The highest BCUT2D eigenvalue weighted by molar-refractivity contribution is 6.30. The Morgan fingerprint density at radius 2 is 2.47 bits per heavy atom. The lowest BCUT2D eigenvalue weighted by Crippen LogP contribution is -2.08. The standard InChI is InChI=1S/C9H8ClN3O2/c1-2-15-9(14)8-7-5(11-4-12-7)3-6(10)13-8/h3-4H,2H2,1H3,(H,11,12). The van der Waals surface area contributed by atoms with Gasteiger partial charge in [0.05, 0.1) is 18.5 Å². The molecule has 0 bridgehead atoms. The lowest BCUT2D eigenvalue weighted by atomic mass is 10.3. The van der Waals surface area contributed by atoms with Gasteiger partial charge in [0.25, 0.3) is 0 Å². The van der Waals surface area contributed by atoms with Crippen LogP contribution >= 0.6 is 11.6 Å². The molecule has 0 aromatic carbocycles. The number of imidazole rings is 1. The van der Waals surface area contributed by atoms with Crippen LogP contribution in [0.5, 0.6) is 0 Å². The Kier molecular flexibility index (Phi) is 2.55. The maximum absolute atomic E-state index is 11.5. The normalized spacial score (nSPS) is 10.5. The van der Waals surface area contributed by atoms with Gasteiger partial charge in [-0.15, -0.1) is 0 Å². The highest BCUT2D eigenvalue weighted by Gasteiger charge is 2.16. The van der Waals surface area contributed by atoms with E-state index in [1.165, 1.54) is 6.33 Å². The molecule has 0 unspecified atom stereocenters. The number of nitrogens with one attached hydrogen (secondary N) is 1. The molecule has 0 spiro atoms. The van der Waals surface area contributed by atoms with E-state index in [4.69, 9.17) is 16.3 Å². The summed E-state index contributed by atoms with van der Waals surface area (Å²) < 4.78 is 4.85. The van der Waals surface area contributed by atoms with Crippen molar-refractivity contribution >= 4 is 28.6 Å². The lowest BCUT2D eigenvalue weighted by Gasteiger charge is -2.01. The molecule has 15 heavy (non-hydrogen) atoms. The summed E-state index contributed by atoms with van der Waals surface area (Å²) in [5.41, 5.74) is 1.27. The van der Waals surface area contributed by atoms with Gasteiger partial charge < -0.3 is 9.72 Å². The van der Waals surface area contributed by atoms with E-state index in [0.29, 0.717) is 17.6 Å². The summed E-state index contributed by atoms with van der Waals surface area (Å²) in [4.78, 5) is 22.3. The van der Waals surface area contributed by atoms with Crippen molar-refractivity contribution in [1.82, 2.24) is 15.0 Å². The fraction of sp³-hybridized carbons (Fsp3) is 0.222.